The number of carboxylic acid groups (broad SMARTS) is 1. The minimum atomic E-state index is -1.54. The molecule has 0 aliphatic carbocycles. The molecule has 0 radical (unpaired) electrons. The molecule has 0 unspecified atom stereocenters. The summed E-state index contributed by atoms with van der Waals surface area (Å²) >= 11 is 0. The van der Waals surface area contributed by atoms with Crippen LogP contribution in [0.5, 0.6) is 5.75 Å². The molecule has 2 saturated heterocycles. The number of amides is 4. The molecule has 248 valence electrons. The number of aliphatic carboxylic acids is 1. The van der Waals surface area contributed by atoms with Gasteiger partial charge in [-0.3, -0.25) is 24.2 Å². The Bertz CT molecular complexity index is 1250. The zero-order valence-corrected chi connectivity index (χ0v) is 25.3. The van der Waals surface area contributed by atoms with E-state index in [0.29, 0.717) is 37.7 Å². The van der Waals surface area contributed by atoms with Gasteiger partial charge in [0.15, 0.2) is 12.0 Å². The normalized spacial score (nSPS) is 20.5. The quantitative estimate of drug-likeness (QED) is 0.0616. The highest BCUT2D eigenvalue weighted by molar-refractivity contribution is 5.96. The van der Waals surface area contributed by atoms with Crippen molar-refractivity contribution in [2.24, 2.45) is 22.2 Å². The van der Waals surface area contributed by atoms with E-state index in [1.807, 2.05) is 0 Å². The molecule has 16 heteroatoms. The van der Waals surface area contributed by atoms with Crippen LogP contribution in [-0.4, -0.2) is 117 Å². The van der Waals surface area contributed by atoms with Crippen LogP contribution in [0.4, 0.5) is 0 Å². The second kappa shape index (κ2) is 16.0. The van der Waals surface area contributed by atoms with Gasteiger partial charge in [0, 0.05) is 26.1 Å². The van der Waals surface area contributed by atoms with E-state index in [4.69, 9.17) is 17.2 Å². The van der Waals surface area contributed by atoms with E-state index in [1.165, 1.54) is 28.9 Å². The number of aliphatic imine (C=N–C) groups is 1. The molecular weight excluding hydrogens is 588 g/mol. The van der Waals surface area contributed by atoms with Crippen molar-refractivity contribution in [3.63, 3.8) is 0 Å². The van der Waals surface area contributed by atoms with Crippen molar-refractivity contribution in [3.05, 3.63) is 29.8 Å². The molecule has 2 fully saturated rings. The highest BCUT2D eigenvalue weighted by Crippen LogP contribution is 2.26. The van der Waals surface area contributed by atoms with Crippen LogP contribution in [0.3, 0.4) is 0 Å². The van der Waals surface area contributed by atoms with Crippen molar-refractivity contribution >= 4 is 35.6 Å². The lowest BCUT2D eigenvalue weighted by Crippen LogP contribution is -2.58. The number of rotatable bonds is 14. The average molecular weight is 633 g/mol. The fourth-order valence-electron chi connectivity index (χ4n) is 5.62. The van der Waals surface area contributed by atoms with E-state index >= 15 is 0 Å². The predicted molar refractivity (Wildman–Crippen MR) is 162 cm³/mol. The van der Waals surface area contributed by atoms with Crippen molar-refractivity contribution < 1.29 is 39.3 Å². The molecule has 0 aromatic heterocycles. The number of aliphatic hydroxyl groups excluding tert-OH is 1. The Balaban J connectivity index is 1.76. The van der Waals surface area contributed by atoms with Crippen LogP contribution in [-0.2, 0) is 30.4 Å². The number of phenolic OH excluding ortho intramolecular Hbond substituents is 1. The van der Waals surface area contributed by atoms with Gasteiger partial charge < -0.3 is 53.0 Å². The number of aliphatic hydroxyl groups is 1. The molecule has 0 spiro atoms. The molecule has 2 aliphatic heterocycles. The van der Waals surface area contributed by atoms with Gasteiger partial charge in [-0.1, -0.05) is 12.1 Å². The lowest BCUT2D eigenvalue weighted by molar-refractivity contribution is -0.149. The first-order valence-corrected chi connectivity index (χ1v) is 15.0. The van der Waals surface area contributed by atoms with Crippen molar-refractivity contribution in [1.82, 2.24) is 20.4 Å². The molecule has 2 aliphatic rings. The van der Waals surface area contributed by atoms with Gasteiger partial charge in [0.25, 0.3) is 0 Å². The monoisotopic (exact) mass is 632 g/mol. The molecule has 0 saturated carbocycles. The Kier molecular flexibility index (Phi) is 12.5. The predicted octanol–water partition coefficient (Wildman–Crippen LogP) is -2.27. The van der Waals surface area contributed by atoms with Crippen LogP contribution in [0.2, 0.25) is 0 Å². The average Bonchev–Trinajstić information content (AvgIpc) is 3.68. The van der Waals surface area contributed by atoms with Crippen LogP contribution in [0, 0.1) is 0 Å². The van der Waals surface area contributed by atoms with Gasteiger partial charge in [-0.25, -0.2) is 4.79 Å². The second-order valence-corrected chi connectivity index (χ2v) is 11.4. The number of benzene rings is 1. The minimum Gasteiger partial charge on any atom is -0.508 e. The van der Waals surface area contributed by atoms with Crippen LogP contribution in [0.25, 0.3) is 0 Å². The summed E-state index contributed by atoms with van der Waals surface area (Å²) in [5, 5.41) is 33.9. The molecule has 1 aromatic carbocycles. The minimum absolute atomic E-state index is 0.0333. The second-order valence-electron chi connectivity index (χ2n) is 11.4. The maximum Gasteiger partial charge on any atom is 0.328 e. The Morgan fingerprint density at radius 2 is 1.62 bits per heavy atom. The Hall–Kier alpha value is -4.44. The van der Waals surface area contributed by atoms with Crippen LogP contribution < -0.4 is 27.8 Å². The first-order chi connectivity index (χ1) is 21.3. The number of carboxylic acids is 1. The number of nitrogens with one attached hydrogen (secondary N) is 2. The number of carbonyl (C=O) groups excluding carboxylic acids is 4. The van der Waals surface area contributed by atoms with Gasteiger partial charge in [0.1, 0.15) is 23.9 Å². The third-order valence-corrected chi connectivity index (χ3v) is 8.00. The van der Waals surface area contributed by atoms with Gasteiger partial charge in [-0.2, -0.15) is 0 Å². The van der Waals surface area contributed by atoms with Crippen LogP contribution >= 0.6 is 0 Å². The molecule has 1 aromatic rings. The molecule has 2 heterocycles. The zero-order chi connectivity index (χ0) is 33.3. The fraction of sp³-hybridized carbons (Fsp3) is 0.586. The first-order valence-electron chi connectivity index (χ1n) is 15.0. The lowest BCUT2D eigenvalue weighted by atomic mass is 10.0. The van der Waals surface area contributed by atoms with Crippen molar-refractivity contribution in [3.8, 4) is 5.75 Å². The fourth-order valence-corrected chi connectivity index (χ4v) is 5.62. The summed E-state index contributed by atoms with van der Waals surface area (Å²) in [4.78, 5) is 72.0. The SMILES string of the molecule is C[C@@H](O)[C@H](NC(=O)[C@@H]1CCCN1C(=O)[C@@H]1CCCN1C(=O)[C@H](Cc1ccc(O)cc1)NC(=O)[C@@H](N)CCCN=C(N)N)C(=O)O. The number of nitrogens with two attached hydrogens (primary N) is 3. The highest BCUT2D eigenvalue weighted by Gasteiger charge is 2.44. The topological polar surface area (TPSA) is 267 Å². The molecule has 45 heavy (non-hydrogen) atoms. The molecule has 6 atom stereocenters. The number of phenols is 1. The maximum absolute atomic E-state index is 14.0. The van der Waals surface area contributed by atoms with Gasteiger partial charge in [0.05, 0.1) is 12.1 Å². The Labute approximate surface area is 261 Å². The van der Waals surface area contributed by atoms with E-state index in [1.54, 1.807) is 12.1 Å². The van der Waals surface area contributed by atoms with E-state index in [9.17, 15) is 39.3 Å². The number of hydrogen-bond acceptors (Lipinski definition) is 9. The molecule has 16 nitrogen and oxygen atoms in total. The van der Waals surface area contributed by atoms with Crippen LogP contribution in [0.1, 0.15) is 51.0 Å². The van der Waals surface area contributed by atoms with Crippen molar-refractivity contribution in [2.75, 3.05) is 19.6 Å². The summed E-state index contributed by atoms with van der Waals surface area (Å²) in [6.07, 6.45) is 1.04. The molecular formula is C29H44N8O8. The largest absolute Gasteiger partial charge is 0.508 e. The number of likely N-dealkylation sites (tertiary alicyclic amines) is 2. The third-order valence-electron chi connectivity index (χ3n) is 8.00. The van der Waals surface area contributed by atoms with E-state index in [-0.39, 0.29) is 44.2 Å². The van der Waals surface area contributed by atoms with Crippen LogP contribution in [0.15, 0.2) is 29.3 Å². The first kappa shape index (κ1) is 35.0. The number of nitrogens with zero attached hydrogens (tertiary/aromatic N) is 3. The summed E-state index contributed by atoms with van der Waals surface area (Å²) < 4.78 is 0. The Morgan fingerprint density at radius 3 is 2.22 bits per heavy atom. The van der Waals surface area contributed by atoms with Gasteiger partial charge in [-0.05, 0) is 63.1 Å². The molecule has 0 bridgehead atoms. The summed E-state index contributed by atoms with van der Waals surface area (Å²) in [5.41, 5.74) is 17.4. The summed E-state index contributed by atoms with van der Waals surface area (Å²) in [6.45, 7) is 2.01. The molecule has 3 rings (SSSR count). The number of aromatic hydroxyl groups is 1. The number of carbonyl (C=O) groups is 5. The summed E-state index contributed by atoms with van der Waals surface area (Å²) in [6, 6.07) is 0.725. The van der Waals surface area contributed by atoms with E-state index in [0.717, 1.165) is 0 Å². The number of guanidine groups is 1. The molecule has 4 amide bonds. The van der Waals surface area contributed by atoms with Crippen molar-refractivity contribution in [1.29, 1.82) is 0 Å². The van der Waals surface area contributed by atoms with Gasteiger partial charge in [-0.15, -0.1) is 0 Å². The standard InChI is InChI=1S/C29H44N8O8/c1-16(38)23(28(44)45)35-25(41)21-6-3-13-36(21)27(43)22-7-4-14-37(22)26(42)20(15-17-8-10-18(39)11-9-17)34-24(40)19(30)5-2-12-33-29(31)32/h8-11,16,19-23,38-39H,2-7,12-15,30H2,1H3,(H,34,40)(H,35,41)(H,44,45)(H4,31,32,33)/t16-,19+,20+,21+,22+,23+/m1/s1. The highest BCUT2D eigenvalue weighted by atomic mass is 16.4. The van der Waals surface area contributed by atoms with E-state index in [2.05, 4.69) is 15.6 Å². The van der Waals surface area contributed by atoms with Gasteiger partial charge >= 0.3 is 5.97 Å². The smallest absolute Gasteiger partial charge is 0.328 e. The van der Waals surface area contributed by atoms with Crippen molar-refractivity contribution in [2.45, 2.75) is 88.2 Å². The summed E-state index contributed by atoms with van der Waals surface area (Å²) in [5.74, 6) is -3.67. The maximum atomic E-state index is 14.0. The van der Waals surface area contributed by atoms with E-state index < -0.39 is 65.9 Å². The van der Waals surface area contributed by atoms with Gasteiger partial charge in [0.2, 0.25) is 23.6 Å². The Morgan fingerprint density at radius 1 is 1.00 bits per heavy atom. The zero-order valence-electron chi connectivity index (χ0n) is 25.3. The third kappa shape index (κ3) is 9.52. The summed E-state index contributed by atoms with van der Waals surface area (Å²) in [7, 11) is 0. The lowest BCUT2D eigenvalue weighted by Gasteiger charge is -2.33. The number of hydrogen-bond donors (Lipinski definition) is 8. The molecule has 11 N–H and O–H groups in total.